The third kappa shape index (κ3) is 6.31. The number of carbonyl (C=O) groups is 3. The zero-order valence-corrected chi connectivity index (χ0v) is 24.2. The highest BCUT2D eigenvalue weighted by Crippen LogP contribution is 2.37. The lowest BCUT2D eigenvalue weighted by Crippen LogP contribution is -2.52. The number of nitrogens with one attached hydrogen (secondary N) is 1. The van der Waals surface area contributed by atoms with Gasteiger partial charge in [0.1, 0.15) is 11.9 Å². The van der Waals surface area contributed by atoms with Gasteiger partial charge in [0.05, 0.1) is 5.69 Å². The van der Waals surface area contributed by atoms with Gasteiger partial charge in [0.2, 0.25) is 11.8 Å². The number of hydrogen-bond acceptors (Lipinski definition) is 3. The van der Waals surface area contributed by atoms with Gasteiger partial charge in [0.15, 0.2) is 0 Å². The fourth-order valence-corrected chi connectivity index (χ4v) is 6.44. The van der Waals surface area contributed by atoms with Crippen LogP contribution in [0.1, 0.15) is 60.0 Å². The molecule has 1 N–H and O–H groups in total. The van der Waals surface area contributed by atoms with Crippen LogP contribution in [0.4, 0.5) is 10.1 Å². The molecule has 0 radical (unpaired) electrons. The van der Waals surface area contributed by atoms with E-state index in [0.29, 0.717) is 24.9 Å². The molecule has 1 aliphatic heterocycles. The molecule has 0 aromatic heterocycles. The van der Waals surface area contributed by atoms with Crippen LogP contribution in [0.5, 0.6) is 0 Å². The molecule has 0 spiro atoms. The summed E-state index contributed by atoms with van der Waals surface area (Å²) < 4.78 is 13.7. The molecule has 1 atom stereocenters. The molecular weight excluding hydrogens is 541 g/mol. The predicted molar refractivity (Wildman–Crippen MR) is 166 cm³/mol. The maximum Gasteiger partial charge on any atom is 0.258 e. The lowest BCUT2D eigenvalue weighted by atomic mass is 10.0. The number of halogens is 1. The van der Waals surface area contributed by atoms with Gasteiger partial charge in [-0.05, 0) is 60.0 Å². The third-order valence-electron chi connectivity index (χ3n) is 8.66. The van der Waals surface area contributed by atoms with E-state index in [2.05, 4.69) is 5.32 Å². The summed E-state index contributed by atoms with van der Waals surface area (Å²) in [6, 6.07) is 26.8. The SMILES string of the molecule is O=C(NC1CCCC1)[C@H](Cc1ccccc1)N(Cc1ccc(F)cc1)C(=O)CCCN1C(=O)c2cccc3cccc1c23. The van der Waals surface area contributed by atoms with Gasteiger partial charge in [-0.1, -0.05) is 79.6 Å². The molecule has 4 aromatic rings. The van der Waals surface area contributed by atoms with Crippen molar-refractivity contribution in [2.45, 2.75) is 63.6 Å². The molecule has 3 amide bonds. The van der Waals surface area contributed by atoms with Gasteiger partial charge in [0.25, 0.3) is 5.91 Å². The summed E-state index contributed by atoms with van der Waals surface area (Å²) >= 11 is 0. The van der Waals surface area contributed by atoms with Crippen molar-refractivity contribution >= 4 is 34.2 Å². The summed E-state index contributed by atoms with van der Waals surface area (Å²) in [6.45, 7) is 0.572. The van der Waals surface area contributed by atoms with Gasteiger partial charge in [-0.2, -0.15) is 0 Å². The molecule has 4 aromatic carbocycles. The minimum absolute atomic E-state index is 0.0553. The first-order chi connectivity index (χ1) is 21.0. The van der Waals surface area contributed by atoms with Crippen LogP contribution in [-0.4, -0.2) is 41.2 Å². The van der Waals surface area contributed by atoms with Crippen molar-refractivity contribution in [2.24, 2.45) is 0 Å². The number of rotatable bonds is 11. The van der Waals surface area contributed by atoms with Crippen LogP contribution in [0, 0.1) is 5.82 Å². The summed E-state index contributed by atoms with van der Waals surface area (Å²) in [6.07, 6.45) is 5.02. The second-order valence-electron chi connectivity index (χ2n) is 11.6. The molecule has 7 heteroatoms. The molecule has 43 heavy (non-hydrogen) atoms. The predicted octanol–water partition coefficient (Wildman–Crippen LogP) is 6.42. The first-order valence-corrected chi connectivity index (χ1v) is 15.2. The van der Waals surface area contributed by atoms with Gasteiger partial charge in [0, 0.05) is 42.9 Å². The topological polar surface area (TPSA) is 69.7 Å². The number of benzene rings is 4. The van der Waals surface area contributed by atoms with E-state index in [1.54, 1.807) is 21.9 Å². The van der Waals surface area contributed by atoms with Gasteiger partial charge < -0.3 is 15.1 Å². The highest BCUT2D eigenvalue weighted by Gasteiger charge is 2.33. The second kappa shape index (κ2) is 12.8. The fourth-order valence-electron chi connectivity index (χ4n) is 6.44. The molecule has 0 saturated heterocycles. The quantitative estimate of drug-likeness (QED) is 0.224. The molecule has 2 aliphatic rings. The molecule has 0 unspecified atom stereocenters. The summed E-state index contributed by atoms with van der Waals surface area (Å²) in [7, 11) is 0. The summed E-state index contributed by atoms with van der Waals surface area (Å²) in [5.41, 5.74) is 3.26. The Hall–Kier alpha value is -4.52. The first kappa shape index (κ1) is 28.6. The van der Waals surface area contributed by atoms with Crippen molar-refractivity contribution in [1.82, 2.24) is 10.2 Å². The standard InChI is InChI=1S/C36H36FN3O3/c37-28-20-18-26(19-21-28)24-40(32(23-25-9-2-1-3-10-25)35(42)38-29-13-4-5-14-29)33(41)17-8-22-39-31-16-7-12-27-11-6-15-30(34(27)31)36(39)43/h1-3,6-7,9-12,15-16,18-21,29,32H,4-5,8,13-14,17,22-24H2,(H,38,42)/t32-/m0/s1. The molecule has 6 nitrogen and oxygen atoms in total. The monoisotopic (exact) mass is 577 g/mol. The number of amides is 3. The molecule has 220 valence electrons. The van der Waals surface area contributed by atoms with Gasteiger partial charge in [-0.15, -0.1) is 0 Å². The van der Waals surface area contributed by atoms with E-state index in [9.17, 15) is 18.8 Å². The Kier molecular flexibility index (Phi) is 8.50. The summed E-state index contributed by atoms with van der Waals surface area (Å²) in [4.78, 5) is 44.5. The Bertz CT molecular complexity index is 1610. The van der Waals surface area contributed by atoms with Crippen molar-refractivity contribution < 1.29 is 18.8 Å². The van der Waals surface area contributed by atoms with Crippen LogP contribution in [-0.2, 0) is 22.6 Å². The van der Waals surface area contributed by atoms with E-state index in [1.807, 2.05) is 66.7 Å². The van der Waals surface area contributed by atoms with Crippen LogP contribution in [0.25, 0.3) is 10.8 Å². The van der Waals surface area contributed by atoms with E-state index in [0.717, 1.165) is 53.3 Å². The normalized spacial score (nSPS) is 15.2. The Balaban J connectivity index is 1.23. The highest BCUT2D eigenvalue weighted by atomic mass is 19.1. The van der Waals surface area contributed by atoms with Gasteiger partial charge >= 0.3 is 0 Å². The summed E-state index contributed by atoms with van der Waals surface area (Å²) in [5, 5.41) is 5.18. The van der Waals surface area contributed by atoms with Crippen LogP contribution in [0.15, 0.2) is 91.0 Å². The van der Waals surface area contributed by atoms with Crippen LogP contribution in [0.3, 0.4) is 0 Å². The maximum atomic E-state index is 14.0. The largest absolute Gasteiger partial charge is 0.352 e. The van der Waals surface area contributed by atoms with Crippen LogP contribution >= 0.6 is 0 Å². The fraction of sp³-hybridized carbons (Fsp3) is 0.306. The molecular formula is C36H36FN3O3. The molecule has 1 fully saturated rings. The molecule has 1 heterocycles. The zero-order valence-electron chi connectivity index (χ0n) is 24.2. The minimum atomic E-state index is -0.730. The van der Waals surface area contributed by atoms with Crippen molar-refractivity contribution in [1.29, 1.82) is 0 Å². The lowest BCUT2D eigenvalue weighted by molar-refractivity contribution is -0.141. The Morgan fingerprint density at radius 1 is 0.884 bits per heavy atom. The third-order valence-corrected chi connectivity index (χ3v) is 8.66. The van der Waals surface area contributed by atoms with Crippen molar-refractivity contribution in [3.63, 3.8) is 0 Å². The maximum absolute atomic E-state index is 14.0. The van der Waals surface area contributed by atoms with Crippen molar-refractivity contribution in [3.8, 4) is 0 Å². The molecule has 0 bridgehead atoms. The van der Waals surface area contributed by atoms with Gasteiger partial charge in [-0.3, -0.25) is 14.4 Å². The number of nitrogens with zero attached hydrogens (tertiary/aromatic N) is 2. The van der Waals surface area contributed by atoms with Crippen molar-refractivity contribution in [2.75, 3.05) is 11.4 Å². The van der Waals surface area contributed by atoms with Crippen LogP contribution in [0.2, 0.25) is 0 Å². The van der Waals surface area contributed by atoms with E-state index in [4.69, 9.17) is 0 Å². The highest BCUT2D eigenvalue weighted by molar-refractivity contribution is 6.25. The Labute approximate surface area is 251 Å². The van der Waals surface area contributed by atoms with Gasteiger partial charge in [-0.25, -0.2) is 4.39 Å². The van der Waals surface area contributed by atoms with Crippen LogP contribution < -0.4 is 10.2 Å². The molecule has 1 saturated carbocycles. The molecule has 1 aliphatic carbocycles. The first-order valence-electron chi connectivity index (χ1n) is 15.2. The summed E-state index contributed by atoms with van der Waals surface area (Å²) in [5.74, 6) is -0.745. The lowest BCUT2D eigenvalue weighted by Gasteiger charge is -2.32. The number of hydrogen-bond donors (Lipinski definition) is 1. The second-order valence-corrected chi connectivity index (χ2v) is 11.6. The average Bonchev–Trinajstić information content (AvgIpc) is 3.63. The minimum Gasteiger partial charge on any atom is -0.352 e. The zero-order chi connectivity index (χ0) is 29.8. The Morgan fingerprint density at radius 2 is 1.60 bits per heavy atom. The Morgan fingerprint density at radius 3 is 2.35 bits per heavy atom. The van der Waals surface area contributed by atoms with E-state index < -0.39 is 6.04 Å². The number of anilines is 1. The smallest absolute Gasteiger partial charge is 0.258 e. The van der Waals surface area contributed by atoms with E-state index in [1.165, 1.54) is 12.1 Å². The average molecular weight is 578 g/mol. The van der Waals surface area contributed by atoms with E-state index in [-0.39, 0.29) is 42.5 Å². The molecule has 6 rings (SSSR count). The van der Waals surface area contributed by atoms with Crippen molar-refractivity contribution in [3.05, 3.63) is 114 Å². The number of carbonyl (C=O) groups excluding carboxylic acids is 3. The van der Waals surface area contributed by atoms with E-state index >= 15 is 0 Å².